The zero-order chi connectivity index (χ0) is 11.0. The summed E-state index contributed by atoms with van der Waals surface area (Å²) in [5.41, 5.74) is 1.20. The number of hydrogen-bond acceptors (Lipinski definition) is 4. The summed E-state index contributed by atoms with van der Waals surface area (Å²) in [6.45, 7) is 5.54. The van der Waals surface area contributed by atoms with E-state index in [2.05, 4.69) is 27.5 Å². The van der Waals surface area contributed by atoms with Gasteiger partial charge in [0.1, 0.15) is 0 Å². The molecular weight excluding hydrogens is 218 g/mol. The summed E-state index contributed by atoms with van der Waals surface area (Å²) >= 11 is 1.74. The molecule has 1 N–H and O–H groups in total. The Labute approximate surface area is 101 Å². The van der Waals surface area contributed by atoms with E-state index in [0.717, 1.165) is 12.6 Å². The lowest BCUT2D eigenvalue weighted by molar-refractivity contribution is 0.317. The summed E-state index contributed by atoms with van der Waals surface area (Å²) < 4.78 is 0. The number of aromatic nitrogens is 1. The van der Waals surface area contributed by atoms with Gasteiger partial charge in [0.2, 0.25) is 0 Å². The van der Waals surface area contributed by atoms with Crippen molar-refractivity contribution in [2.45, 2.75) is 44.8 Å². The SMILES string of the molecule is Cc1nc(CNC2CCN(C3CC3)C2)cs1. The highest BCUT2D eigenvalue weighted by Crippen LogP contribution is 2.29. The lowest BCUT2D eigenvalue weighted by Crippen LogP contribution is -2.32. The minimum Gasteiger partial charge on any atom is -0.307 e. The van der Waals surface area contributed by atoms with Gasteiger partial charge in [-0.25, -0.2) is 4.98 Å². The molecule has 1 aromatic heterocycles. The molecule has 3 nitrogen and oxygen atoms in total. The van der Waals surface area contributed by atoms with Gasteiger partial charge in [0.05, 0.1) is 10.7 Å². The average molecular weight is 237 g/mol. The van der Waals surface area contributed by atoms with E-state index < -0.39 is 0 Å². The third kappa shape index (κ3) is 2.44. The number of thiazole rings is 1. The van der Waals surface area contributed by atoms with Crippen molar-refractivity contribution in [3.05, 3.63) is 16.1 Å². The number of aryl methyl sites for hydroxylation is 1. The third-order valence-corrected chi connectivity index (χ3v) is 4.34. The van der Waals surface area contributed by atoms with E-state index in [9.17, 15) is 0 Å². The van der Waals surface area contributed by atoms with E-state index in [1.807, 2.05) is 0 Å². The molecule has 1 aliphatic carbocycles. The lowest BCUT2D eigenvalue weighted by Gasteiger charge is -2.15. The molecule has 1 unspecified atom stereocenters. The molecule has 88 valence electrons. The predicted molar refractivity (Wildman–Crippen MR) is 66.7 cm³/mol. The molecule has 1 saturated heterocycles. The van der Waals surface area contributed by atoms with Crippen LogP contribution in [0.15, 0.2) is 5.38 Å². The fourth-order valence-corrected chi connectivity index (χ4v) is 3.08. The molecule has 1 atom stereocenters. The fraction of sp³-hybridized carbons (Fsp3) is 0.750. The van der Waals surface area contributed by atoms with Crippen molar-refractivity contribution >= 4 is 11.3 Å². The highest BCUT2D eigenvalue weighted by Gasteiger charge is 2.33. The molecule has 0 amide bonds. The van der Waals surface area contributed by atoms with Crippen molar-refractivity contribution in [1.29, 1.82) is 0 Å². The van der Waals surface area contributed by atoms with Crippen LogP contribution in [0.1, 0.15) is 30.0 Å². The van der Waals surface area contributed by atoms with Crippen molar-refractivity contribution in [3.63, 3.8) is 0 Å². The van der Waals surface area contributed by atoms with Gasteiger partial charge in [-0.1, -0.05) is 0 Å². The Hall–Kier alpha value is -0.450. The Morgan fingerprint density at radius 2 is 2.38 bits per heavy atom. The van der Waals surface area contributed by atoms with Crippen molar-refractivity contribution < 1.29 is 0 Å². The van der Waals surface area contributed by atoms with E-state index in [4.69, 9.17) is 0 Å². The highest BCUT2D eigenvalue weighted by atomic mass is 32.1. The molecule has 3 rings (SSSR count). The predicted octanol–water partition coefficient (Wildman–Crippen LogP) is 1.78. The smallest absolute Gasteiger partial charge is 0.0897 e. The Balaban J connectivity index is 1.45. The highest BCUT2D eigenvalue weighted by molar-refractivity contribution is 7.09. The summed E-state index contributed by atoms with van der Waals surface area (Å²) in [4.78, 5) is 7.12. The van der Waals surface area contributed by atoms with Gasteiger partial charge >= 0.3 is 0 Å². The van der Waals surface area contributed by atoms with Gasteiger partial charge in [-0.2, -0.15) is 0 Å². The number of nitrogens with one attached hydrogen (secondary N) is 1. The van der Waals surface area contributed by atoms with Gasteiger partial charge in [-0.15, -0.1) is 11.3 Å². The first-order chi connectivity index (χ1) is 7.81. The summed E-state index contributed by atoms with van der Waals surface area (Å²) in [7, 11) is 0. The second-order valence-electron chi connectivity index (χ2n) is 4.95. The molecule has 16 heavy (non-hydrogen) atoms. The molecule has 2 aliphatic rings. The zero-order valence-electron chi connectivity index (χ0n) is 9.78. The third-order valence-electron chi connectivity index (χ3n) is 3.52. The quantitative estimate of drug-likeness (QED) is 0.865. The maximum absolute atomic E-state index is 4.48. The van der Waals surface area contributed by atoms with Crippen molar-refractivity contribution in [1.82, 2.24) is 15.2 Å². The monoisotopic (exact) mass is 237 g/mol. The van der Waals surface area contributed by atoms with E-state index in [1.165, 1.54) is 43.1 Å². The van der Waals surface area contributed by atoms with Gasteiger partial charge in [0.25, 0.3) is 0 Å². The van der Waals surface area contributed by atoms with Crippen LogP contribution in [-0.4, -0.2) is 35.1 Å². The van der Waals surface area contributed by atoms with Crippen LogP contribution in [0.3, 0.4) is 0 Å². The zero-order valence-corrected chi connectivity index (χ0v) is 10.6. The minimum atomic E-state index is 0.683. The standard InChI is InChI=1S/C12H19N3S/c1-9-14-11(8-16-9)6-13-10-4-5-15(7-10)12-2-3-12/h8,10,12-13H,2-7H2,1H3. The number of likely N-dealkylation sites (tertiary alicyclic amines) is 1. The van der Waals surface area contributed by atoms with E-state index in [0.29, 0.717) is 6.04 Å². The van der Waals surface area contributed by atoms with Gasteiger partial charge in [-0.05, 0) is 26.2 Å². The van der Waals surface area contributed by atoms with Gasteiger partial charge in [0, 0.05) is 37.1 Å². The van der Waals surface area contributed by atoms with Crippen LogP contribution in [-0.2, 0) is 6.54 Å². The molecule has 4 heteroatoms. The molecular formula is C12H19N3S. The largest absolute Gasteiger partial charge is 0.307 e. The Morgan fingerprint density at radius 3 is 3.06 bits per heavy atom. The van der Waals surface area contributed by atoms with Crippen LogP contribution in [0.4, 0.5) is 0 Å². The molecule has 0 aromatic carbocycles. The second-order valence-corrected chi connectivity index (χ2v) is 6.01. The molecule has 2 heterocycles. The molecule has 2 fully saturated rings. The van der Waals surface area contributed by atoms with Gasteiger partial charge in [-0.3, -0.25) is 4.90 Å². The van der Waals surface area contributed by atoms with Crippen molar-refractivity contribution in [2.75, 3.05) is 13.1 Å². The summed E-state index contributed by atoms with van der Waals surface area (Å²) in [5, 5.41) is 6.96. The van der Waals surface area contributed by atoms with Crippen molar-refractivity contribution in [3.8, 4) is 0 Å². The van der Waals surface area contributed by atoms with E-state index in [1.54, 1.807) is 11.3 Å². The molecule has 1 saturated carbocycles. The summed E-state index contributed by atoms with van der Waals surface area (Å²) in [5.74, 6) is 0. The maximum Gasteiger partial charge on any atom is 0.0897 e. The normalized spacial score (nSPS) is 26.4. The molecule has 1 aliphatic heterocycles. The van der Waals surface area contributed by atoms with E-state index >= 15 is 0 Å². The van der Waals surface area contributed by atoms with Crippen LogP contribution < -0.4 is 5.32 Å². The van der Waals surface area contributed by atoms with Crippen LogP contribution in [0.2, 0.25) is 0 Å². The van der Waals surface area contributed by atoms with Gasteiger partial charge in [0.15, 0.2) is 0 Å². The Bertz CT molecular complexity index is 359. The summed E-state index contributed by atoms with van der Waals surface area (Å²) in [6, 6.07) is 1.61. The number of rotatable bonds is 4. The first-order valence-corrected chi connectivity index (χ1v) is 7.07. The molecule has 1 aromatic rings. The second kappa shape index (κ2) is 4.43. The molecule has 0 radical (unpaired) electrons. The maximum atomic E-state index is 4.48. The minimum absolute atomic E-state index is 0.683. The van der Waals surface area contributed by atoms with Crippen molar-refractivity contribution in [2.24, 2.45) is 0 Å². The Kier molecular flexibility index (Phi) is 2.96. The topological polar surface area (TPSA) is 28.2 Å². The van der Waals surface area contributed by atoms with Crippen LogP contribution in [0, 0.1) is 6.92 Å². The van der Waals surface area contributed by atoms with E-state index in [-0.39, 0.29) is 0 Å². The van der Waals surface area contributed by atoms with Crippen LogP contribution >= 0.6 is 11.3 Å². The molecule has 0 bridgehead atoms. The van der Waals surface area contributed by atoms with Crippen LogP contribution in [0.25, 0.3) is 0 Å². The average Bonchev–Trinajstić information content (AvgIpc) is 2.87. The molecule has 0 spiro atoms. The fourth-order valence-electron chi connectivity index (χ4n) is 2.46. The van der Waals surface area contributed by atoms with Gasteiger partial charge < -0.3 is 5.32 Å². The number of hydrogen-bond donors (Lipinski definition) is 1. The first kappa shape index (κ1) is 10.7. The Morgan fingerprint density at radius 1 is 1.50 bits per heavy atom. The summed E-state index contributed by atoms with van der Waals surface area (Å²) in [6.07, 6.45) is 4.16. The van der Waals surface area contributed by atoms with Crippen LogP contribution in [0.5, 0.6) is 0 Å². The first-order valence-electron chi connectivity index (χ1n) is 6.20. The number of nitrogens with zero attached hydrogens (tertiary/aromatic N) is 2. The lowest BCUT2D eigenvalue weighted by atomic mass is 10.2.